The first-order valence-corrected chi connectivity index (χ1v) is 2.54. The zero-order chi connectivity index (χ0) is 9.12. The van der Waals surface area contributed by atoms with E-state index in [-0.39, 0.29) is 19.4 Å². The first kappa shape index (κ1) is 10.1. The van der Waals surface area contributed by atoms with Gasteiger partial charge < -0.3 is 9.84 Å². The zero-order valence-corrected chi connectivity index (χ0v) is 5.52. The summed E-state index contributed by atoms with van der Waals surface area (Å²) in [5, 5.41) is 7.81. The summed E-state index contributed by atoms with van der Waals surface area (Å²) in [5.74, 6) is -4.27. The Hall–Kier alpha value is -0.940. The summed E-state index contributed by atoms with van der Waals surface area (Å²) in [7, 11) is 0. The minimum absolute atomic E-state index is 0.0121. The summed E-state index contributed by atoms with van der Waals surface area (Å²) < 4.78 is 50.9. The van der Waals surface area contributed by atoms with Gasteiger partial charge in [-0.05, 0) is 0 Å². The molecule has 2 nitrogen and oxygen atoms in total. The average molecular weight is 174 g/mol. The van der Waals surface area contributed by atoms with Crippen molar-refractivity contribution < 1.29 is 27.4 Å². The average Bonchev–Trinajstić information content (AvgIpc) is 1.81. The largest absolute Gasteiger partial charge is 0.512 e. The smallest absolute Gasteiger partial charge is 0.463 e. The van der Waals surface area contributed by atoms with E-state index in [0.29, 0.717) is 0 Å². The Morgan fingerprint density at radius 1 is 1.27 bits per heavy atom. The van der Waals surface area contributed by atoms with Crippen LogP contribution in [0, 0.1) is 0 Å². The van der Waals surface area contributed by atoms with Gasteiger partial charge in [0.2, 0.25) is 0 Å². The number of hydrogen-bond donors (Lipinski definition) is 1. The van der Waals surface area contributed by atoms with Gasteiger partial charge in [0.05, 0.1) is 0 Å². The third-order valence-electron chi connectivity index (χ3n) is 0.788. The van der Waals surface area contributed by atoms with Gasteiger partial charge in [0.25, 0.3) is 0 Å². The van der Waals surface area contributed by atoms with Crippen LogP contribution in [0.15, 0.2) is 12.5 Å². The van der Waals surface area contributed by atoms with Gasteiger partial charge in [-0.2, -0.15) is 17.6 Å². The molecule has 1 N–H and O–H groups in total. The molecule has 0 aliphatic heterocycles. The number of rotatable bonds is 3. The van der Waals surface area contributed by atoms with Crippen molar-refractivity contribution in [2.24, 2.45) is 0 Å². The van der Waals surface area contributed by atoms with Crippen LogP contribution in [0.4, 0.5) is 17.6 Å². The van der Waals surface area contributed by atoms with E-state index in [1.807, 2.05) is 0 Å². The molecule has 0 aliphatic rings. The van der Waals surface area contributed by atoms with Gasteiger partial charge in [-0.1, -0.05) is 0 Å². The van der Waals surface area contributed by atoms with Crippen molar-refractivity contribution in [2.45, 2.75) is 19.0 Å². The second-order valence-corrected chi connectivity index (χ2v) is 1.81. The first-order valence-electron chi connectivity index (χ1n) is 2.54. The van der Waals surface area contributed by atoms with Crippen LogP contribution in [0.2, 0.25) is 0 Å². The Balaban J connectivity index is 4.22. The molecular formula is C5H6F4O2. The third-order valence-corrected chi connectivity index (χ3v) is 0.788. The fourth-order valence-corrected chi connectivity index (χ4v) is 0.219. The predicted octanol–water partition coefficient (Wildman–Crippen LogP) is 2.28. The van der Waals surface area contributed by atoms with E-state index in [0.717, 1.165) is 0 Å². The van der Waals surface area contributed by atoms with Crippen LogP contribution >= 0.6 is 0 Å². The Bertz CT molecular complexity index is 149. The number of aliphatic hydroxyl groups is 1. The van der Waals surface area contributed by atoms with Gasteiger partial charge in [0, 0.05) is 6.92 Å². The maximum absolute atomic E-state index is 12.0. The molecule has 11 heavy (non-hydrogen) atoms. The molecule has 0 atom stereocenters. The molecule has 0 fully saturated rings. The lowest BCUT2D eigenvalue weighted by Crippen LogP contribution is -2.38. The lowest BCUT2D eigenvalue weighted by Gasteiger charge is -2.20. The minimum atomic E-state index is -4.59. The van der Waals surface area contributed by atoms with Crippen LogP contribution in [0.3, 0.4) is 0 Å². The second-order valence-electron chi connectivity index (χ2n) is 1.81. The molecular weight excluding hydrogens is 168 g/mol. The summed E-state index contributed by atoms with van der Waals surface area (Å²) in [4.78, 5) is 0. The molecule has 0 aromatic carbocycles. The van der Waals surface area contributed by atoms with Gasteiger partial charge in [-0.15, -0.1) is 0 Å². The van der Waals surface area contributed by atoms with Gasteiger partial charge in [-0.3, -0.25) is 0 Å². The summed E-state index contributed by atoms with van der Waals surface area (Å²) in [5.41, 5.74) is 0. The maximum Gasteiger partial charge on any atom is 0.463 e. The van der Waals surface area contributed by atoms with Crippen molar-refractivity contribution in [1.29, 1.82) is 0 Å². The Morgan fingerprint density at radius 3 is 2.00 bits per heavy atom. The minimum Gasteiger partial charge on any atom is -0.512 e. The monoisotopic (exact) mass is 174 g/mol. The molecule has 0 bridgehead atoms. The van der Waals surface area contributed by atoms with E-state index in [2.05, 4.69) is 4.74 Å². The SMILES string of the molecule is CC(F)(F)C(F)(F)O/C=C\O. The molecule has 0 rings (SSSR count). The van der Waals surface area contributed by atoms with E-state index in [1.54, 1.807) is 0 Å². The molecule has 0 saturated carbocycles. The number of ether oxygens (including phenoxy) is 1. The predicted molar refractivity (Wildman–Crippen MR) is 28.4 cm³/mol. The van der Waals surface area contributed by atoms with Crippen LogP contribution in [0.25, 0.3) is 0 Å². The van der Waals surface area contributed by atoms with Crippen molar-refractivity contribution in [3.8, 4) is 0 Å². The number of alkyl halides is 4. The quantitative estimate of drug-likeness (QED) is 0.525. The van der Waals surface area contributed by atoms with Crippen molar-refractivity contribution >= 4 is 0 Å². The summed E-state index contributed by atoms with van der Waals surface area (Å²) in [6, 6.07) is 0. The van der Waals surface area contributed by atoms with Gasteiger partial charge in [0.15, 0.2) is 0 Å². The fourth-order valence-electron chi connectivity index (χ4n) is 0.219. The molecule has 0 aromatic rings. The molecule has 0 aliphatic carbocycles. The number of halogens is 4. The normalized spacial score (nSPS) is 13.9. The molecule has 0 aromatic heterocycles. The van der Waals surface area contributed by atoms with Crippen molar-refractivity contribution in [1.82, 2.24) is 0 Å². The molecule has 0 heterocycles. The van der Waals surface area contributed by atoms with E-state index in [9.17, 15) is 17.6 Å². The van der Waals surface area contributed by atoms with Crippen LogP contribution < -0.4 is 0 Å². The van der Waals surface area contributed by atoms with Crippen LogP contribution in [-0.2, 0) is 4.74 Å². The third kappa shape index (κ3) is 2.65. The van der Waals surface area contributed by atoms with E-state index in [1.165, 1.54) is 0 Å². The second kappa shape index (κ2) is 2.98. The van der Waals surface area contributed by atoms with Crippen molar-refractivity contribution in [2.75, 3.05) is 0 Å². The molecule has 66 valence electrons. The Labute approximate surface area is 60.1 Å². The molecule has 0 radical (unpaired) electrons. The Morgan fingerprint density at radius 2 is 1.73 bits per heavy atom. The molecule has 0 spiro atoms. The highest BCUT2D eigenvalue weighted by molar-refractivity contribution is 4.74. The number of hydrogen-bond acceptors (Lipinski definition) is 2. The molecule has 0 amide bonds. The standard InChI is InChI=1S/C5H6F4O2/c1-4(6,7)5(8,9)11-3-2-10/h2-3,10H,1H3/b3-2-. The highest BCUT2D eigenvalue weighted by Crippen LogP contribution is 2.34. The topological polar surface area (TPSA) is 29.5 Å². The zero-order valence-electron chi connectivity index (χ0n) is 5.52. The molecule has 0 saturated heterocycles. The van der Waals surface area contributed by atoms with Crippen LogP contribution in [-0.4, -0.2) is 17.1 Å². The van der Waals surface area contributed by atoms with Gasteiger partial charge >= 0.3 is 12.0 Å². The lowest BCUT2D eigenvalue weighted by molar-refractivity contribution is -0.320. The number of aliphatic hydroxyl groups excluding tert-OH is 1. The molecule has 0 unspecified atom stereocenters. The van der Waals surface area contributed by atoms with Crippen LogP contribution in [0.1, 0.15) is 6.92 Å². The van der Waals surface area contributed by atoms with E-state index >= 15 is 0 Å². The molecule has 6 heteroatoms. The van der Waals surface area contributed by atoms with Crippen molar-refractivity contribution in [3.05, 3.63) is 12.5 Å². The lowest BCUT2D eigenvalue weighted by atomic mass is 10.4. The van der Waals surface area contributed by atoms with Crippen LogP contribution in [0.5, 0.6) is 0 Å². The van der Waals surface area contributed by atoms with Gasteiger partial charge in [-0.25, -0.2) is 0 Å². The fraction of sp³-hybridized carbons (Fsp3) is 0.600. The van der Waals surface area contributed by atoms with Gasteiger partial charge in [0.1, 0.15) is 12.5 Å². The van der Waals surface area contributed by atoms with E-state index < -0.39 is 12.0 Å². The van der Waals surface area contributed by atoms with Crippen molar-refractivity contribution in [3.63, 3.8) is 0 Å². The maximum atomic E-state index is 12.0. The summed E-state index contributed by atoms with van der Waals surface area (Å²) >= 11 is 0. The highest BCUT2D eigenvalue weighted by atomic mass is 19.3. The summed E-state index contributed by atoms with van der Waals surface area (Å²) in [6.07, 6.45) is -4.41. The van der Waals surface area contributed by atoms with E-state index in [4.69, 9.17) is 5.11 Å². The Kier molecular flexibility index (Phi) is 2.72. The first-order chi connectivity index (χ1) is 4.81. The highest BCUT2D eigenvalue weighted by Gasteiger charge is 2.54. The summed E-state index contributed by atoms with van der Waals surface area (Å²) in [6.45, 7) is 0.0121.